The minimum absolute atomic E-state index is 0.677. The van der Waals surface area contributed by atoms with Gasteiger partial charge in [0.2, 0.25) is 0 Å². The minimum atomic E-state index is 0.677. The Bertz CT molecular complexity index is 293. The highest BCUT2D eigenvalue weighted by Crippen LogP contribution is 2.09. The van der Waals surface area contributed by atoms with Gasteiger partial charge in [0.05, 0.1) is 11.4 Å². The zero-order valence-corrected chi connectivity index (χ0v) is 10.2. The molecule has 0 spiro atoms. The van der Waals surface area contributed by atoms with Crippen molar-refractivity contribution >= 4 is 5.71 Å². The molecule has 0 fully saturated rings. The normalized spacial score (nSPS) is 10.3. The second-order valence-electron chi connectivity index (χ2n) is 4.21. The maximum absolute atomic E-state index is 7.88. The van der Waals surface area contributed by atoms with E-state index in [0.29, 0.717) is 5.71 Å². The van der Waals surface area contributed by atoms with Crippen LogP contribution in [0.5, 0.6) is 0 Å². The summed E-state index contributed by atoms with van der Waals surface area (Å²) < 4.78 is 0. The summed E-state index contributed by atoms with van der Waals surface area (Å²) in [6, 6.07) is 5.75. The third-order valence-corrected chi connectivity index (χ3v) is 2.75. The van der Waals surface area contributed by atoms with Crippen LogP contribution in [0.25, 0.3) is 0 Å². The molecule has 1 aromatic rings. The van der Waals surface area contributed by atoms with Gasteiger partial charge in [0.15, 0.2) is 0 Å². The Labute approximate surface area is 98.6 Å². The first-order valence-corrected chi connectivity index (χ1v) is 6.33. The lowest BCUT2D eigenvalue weighted by Gasteiger charge is -2.03. The summed E-state index contributed by atoms with van der Waals surface area (Å²) >= 11 is 0. The van der Waals surface area contributed by atoms with Gasteiger partial charge in [-0.2, -0.15) is 0 Å². The fourth-order valence-electron chi connectivity index (χ4n) is 1.75. The van der Waals surface area contributed by atoms with Gasteiger partial charge in [0.1, 0.15) is 0 Å². The van der Waals surface area contributed by atoms with E-state index < -0.39 is 0 Å². The van der Waals surface area contributed by atoms with Gasteiger partial charge in [-0.15, -0.1) is 0 Å². The predicted molar refractivity (Wildman–Crippen MR) is 69.1 cm³/mol. The van der Waals surface area contributed by atoms with E-state index in [0.717, 1.165) is 18.5 Å². The van der Waals surface area contributed by atoms with Crippen LogP contribution in [0.15, 0.2) is 24.4 Å². The summed E-state index contributed by atoms with van der Waals surface area (Å²) in [6.07, 6.45) is 10.3. The molecule has 0 saturated carbocycles. The molecular formula is C14H22N2. The number of aromatic nitrogens is 1. The van der Waals surface area contributed by atoms with Crippen molar-refractivity contribution in [3.63, 3.8) is 0 Å². The summed E-state index contributed by atoms with van der Waals surface area (Å²) in [5.74, 6) is 0. The average molecular weight is 218 g/mol. The highest BCUT2D eigenvalue weighted by atomic mass is 14.7. The molecule has 0 aliphatic heterocycles. The molecule has 0 bridgehead atoms. The Morgan fingerprint density at radius 3 is 2.56 bits per heavy atom. The van der Waals surface area contributed by atoms with Crippen molar-refractivity contribution in [1.29, 1.82) is 5.41 Å². The molecule has 0 aliphatic rings. The van der Waals surface area contributed by atoms with Crippen LogP contribution < -0.4 is 0 Å². The highest BCUT2D eigenvalue weighted by molar-refractivity contribution is 5.96. The minimum Gasteiger partial charge on any atom is -0.303 e. The number of rotatable bonds is 8. The van der Waals surface area contributed by atoms with E-state index >= 15 is 0 Å². The zero-order chi connectivity index (χ0) is 11.6. The lowest BCUT2D eigenvalue weighted by Crippen LogP contribution is -2.01. The Morgan fingerprint density at radius 2 is 1.88 bits per heavy atom. The van der Waals surface area contributed by atoms with Crippen molar-refractivity contribution in [3.05, 3.63) is 30.1 Å². The van der Waals surface area contributed by atoms with Gasteiger partial charge >= 0.3 is 0 Å². The molecule has 0 aromatic carbocycles. The van der Waals surface area contributed by atoms with E-state index in [1.54, 1.807) is 6.20 Å². The van der Waals surface area contributed by atoms with E-state index in [-0.39, 0.29) is 0 Å². The number of hydrogen-bond donors (Lipinski definition) is 1. The first-order chi connectivity index (χ1) is 7.84. The number of nitrogens with zero attached hydrogens (tertiary/aromatic N) is 1. The average Bonchev–Trinajstić information content (AvgIpc) is 2.34. The van der Waals surface area contributed by atoms with E-state index in [4.69, 9.17) is 5.41 Å². The molecule has 0 atom stereocenters. The third kappa shape index (κ3) is 5.06. The summed E-state index contributed by atoms with van der Waals surface area (Å²) in [5, 5.41) is 7.88. The zero-order valence-electron chi connectivity index (χ0n) is 10.2. The van der Waals surface area contributed by atoms with Gasteiger partial charge in [-0.05, 0) is 25.0 Å². The van der Waals surface area contributed by atoms with E-state index in [1.807, 2.05) is 18.2 Å². The van der Waals surface area contributed by atoms with Crippen molar-refractivity contribution in [2.45, 2.75) is 51.9 Å². The molecule has 88 valence electrons. The maximum Gasteiger partial charge on any atom is 0.0837 e. The van der Waals surface area contributed by atoms with Crippen molar-refractivity contribution in [2.75, 3.05) is 0 Å². The SMILES string of the molecule is CCCCCCCCC(=N)c1ccccn1. The third-order valence-electron chi connectivity index (χ3n) is 2.75. The monoisotopic (exact) mass is 218 g/mol. The molecule has 2 heteroatoms. The maximum atomic E-state index is 7.88. The van der Waals surface area contributed by atoms with Gasteiger partial charge in [0.25, 0.3) is 0 Å². The number of unbranched alkanes of at least 4 members (excludes halogenated alkanes) is 5. The molecule has 16 heavy (non-hydrogen) atoms. The molecule has 0 unspecified atom stereocenters. The number of nitrogens with one attached hydrogen (secondary N) is 1. The summed E-state index contributed by atoms with van der Waals surface area (Å²) in [5.41, 5.74) is 1.51. The van der Waals surface area contributed by atoms with Crippen LogP contribution in [0.4, 0.5) is 0 Å². The molecular weight excluding hydrogens is 196 g/mol. The van der Waals surface area contributed by atoms with Crippen molar-refractivity contribution in [3.8, 4) is 0 Å². The van der Waals surface area contributed by atoms with E-state index in [2.05, 4.69) is 11.9 Å². The van der Waals surface area contributed by atoms with Crippen LogP contribution in [0.1, 0.15) is 57.6 Å². The smallest absolute Gasteiger partial charge is 0.0837 e. The van der Waals surface area contributed by atoms with Crippen molar-refractivity contribution < 1.29 is 0 Å². The van der Waals surface area contributed by atoms with Crippen LogP contribution in [-0.4, -0.2) is 10.7 Å². The van der Waals surface area contributed by atoms with Gasteiger partial charge < -0.3 is 5.41 Å². The summed E-state index contributed by atoms with van der Waals surface area (Å²) in [7, 11) is 0. The molecule has 0 saturated heterocycles. The number of hydrogen-bond acceptors (Lipinski definition) is 2. The predicted octanol–water partition coefficient (Wildman–Crippen LogP) is 4.20. The van der Waals surface area contributed by atoms with Crippen LogP contribution in [-0.2, 0) is 0 Å². The quantitative estimate of drug-likeness (QED) is 0.515. The molecule has 1 aromatic heterocycles. The second kappa shape index (κ2) is 8.03. The van der Waals surface area contributed by atoms with Gasteiger partial charge in [-0.3, -0.25) is 4.98 Å². The molecule has 2 nitrogen and oxygen atoms in total. The fraction of sp³-hybridized carbons (Fsp3) is 0.571. The molecule has 1 N–H and O–H groups in total. The Morgan fingerprint density at radius 1 is 1.12 bits per heavy atom. The summed E-state index contributed by atoms with van der Waals surface area (Å²) in [4.78, 5) is 4.18. The molecule has 1 rings (SSSR count). The van der Waals surface area contributed by atoms with Crippen LogP contribution in [0, 0.1) is 5.41 Å². The van der Waals surface area contributed by atoms with E-state index in [1.165, 1.54) is 32.1 Å². The van der Waals surface area contributed by atoms with Crippen molar-refractivity contribution in [2.24, 2.45) is 0 Å². The molecule has 1 heterocycles. The Hall–Kier alpha value is -1.18. The Kier molecular flexibility index (Phi) is 6.47. The van der Waals surface area contributed by atoms with Crippen LogP contribution in [0.3, 0.4) is 0 Å². The van der Waals surface area contributed by atoms with Crippen molar-refractivity contribution in [1.82, 2.24) is 4.98 Å². The largest absolute Gasteiger partial charge is 0.303 e. The lowest BCUT2D eigenvalue weighted by molar-refractivity contribution is 0.615. The molecule has 0 aliphatic carbocycles. The first kappa shape index (κ1) is 12.9. The fourth-order valence-corrected chi connectivity index (χ4v) is 1.75. The first-order valence-electron chi connectivity index (χ1n) is 6.33. The van der Waals surface area contributed by atoms with Crippen LogP contribution >= 0.6 is 0 Å². The van der Waals surface area contributed by atoms with Crippen LogP contribution in [0.2, 0.25) is 0 Å². The number of pyridine rings is 1. The van der Waals surface area contributed by atoms with Gasteiger partial charge in [0, 0.05) is 6.20 Å². The van der Waals surface area contributed by atoms with Gasteiger partial charge in [-0.25, -0.2) is 0 Å². The van der Waals surface area contributed by atoms with Gasteiger partial charge in [-0.1, -0.05) is 45.1 Å². The van der Waals surface area contributed by atoms with E-state index in [9.17, 15) is 0 Å². The standard InChI is InChI=1S/C14H22N2/c1-2-3-4-5-6-7-10-13(15)14-11-8-9-12-16-14/h8-9,11-12,15H,2-7,10H2,1H3. The second-order valence-corrected chi connectivity index (χ2v) is 4.21. The molecule has 0 radical (unpaired) electrons. The Balaban J connectivity index is 2.12. The molecule has 0 amide bonds. The highest BCUT2D eigenvalue weighted by Gasteiger charge is 2.01. The summed E-state index contributed by atoms with van der Waals surface area (Å²) in [6.45, 7) is 2.23. The topological polar surface area (TPSA) is 36.7 Å². The lowest BCUT2D eigenvalue weighted by atomic mass is 10.1.